The third kappa shape index (κ3) is 3.09. The highest BCUT2D eigenvalue weighted by Gasteiger charge is 2.29. The van der Waals surface area contributed by atoms with Crippen LogP contribution in [0, 0.1) is 0 Å². The van der Waals surface area contributed by atoms with Gasteiger partial charge in [-0.15, -0.1) is 0 Å². The summed E-state index contributed by atoms with van der Waals surface area (Å²) in [4.78, 5) is 20.7. The van der Waals surface area contributed by atoms with Crippen LogP contribution < -0.4 is 10.5 Å². The number of hydrogen-bond donors (Lipinski definition) is 1. The van der Waals surface area contributed by atoms with Crippen LogP contribution >= 0.6 is 0 Å². The van der Waals surface area contributed by atoms with Crippen LogP contribution in [0.5, 0.6) is 0 Å². The monoisotopic (exact) mass is 370 g/mol. The Morgan fingerprint density at radius 2 is 1.77 bits per heavy atom. The van der Waals surface area contributed by atoms with Crippen LogP contribution in [-0.2, 0) is 10.0 Å². The fraction of sp³-hybridized carbons (Fsp3) is 0.222. The van der Waals surface area contributed by atoms with Crippen LogP contribution in [0.15, 0.2) is 64.4 Å². The van der Waals surface area contributed by atoms with Crippen molar-refractivity contribution in [3.8, 4) is 0 Å². The van der Waals surface area contributed by atoms with E-state index in [-0.39, 0.29) is 10.5 Å². The van der Waals surface area contributed by atoms with Crippen molar-refractivity contribution in [2.75, 3.05) is 31.1 Å². The maximum atomic E-state index is 13.0. The molecule has 3 aromatic rings. The minimum atomic E-state index is -3.57. The summed E-state index contributed by atoms with van der Waals surface area (Å²) in [5.74, 6) is 0.860. The van der Waals surface area contributed by atoms with Gasteiger partial charge in [0.05, 0.1) is 4.90 Å². The molecule has 0 spiro atoms. The van der Waals surface area contributed by atoms with E-state index in [0.717, 1.165) is 5.82 Å². The van der Waals surface area contributed by atoms with Crippen molar-refractivity contribution in [2.24, 2.45) is 0 Å². The Kier molecular flexibility index (Phi) is 4.21. The minimum absolute atomic E-state index is 0.209. The second-order valence-corrected chi connectivity index (χ2v) is 8.09. The number of H-pyrrole nitrogens is 1. The average molecular weight is 370 g/mol. The minimum Gasteiger partial charge on any atom is -0.354 e. The molecule has 1 aromatic carbocycles. The highest BCUT2D eigenvalue weighted by molar-refractivity contribution is 7.89. The zero-order chi connectivity index (χ0) is 18.1. The largest absolute Gasteiger partial charge is 0.354 e. The Balaban J connectivity index is 1.56. The van der Waals surface area contributed by atoms with Gasteiger partial charge in [-0.1, -0.05) is 6.07 Å². The Labute approximate surface area is 151 Å². The van der Waals surface area contributed by atoms with Crippen LogP contribution in [0.4, 0.5) is 5.82 Å². The van der Waals surface area contributed by atoms with Crippen molar-refractivity contribution >= 4 is 26.7 Å². The standard InChI is InChI=1S/C18H18N4O3S/c23-18-7-4-14-13-15(5-6-16(14)20-18)26(24,25)22-11-9-21(10-12-22)17-3-1-2-8-19-17/h1-8,13H,9-12H2,(H,20,23). The van der Waals surface area contributed by atoms with Crippen molar-refractivity contribution in [2.45, 2.75) is 4.90 Å². The molecule has 1 fully saturated rings. The van der Waals surface area contributed by atoms with E-state index in [4.69, 9.17) is 0 Å². The Hall–Kier alpha value is -2.71. The summed E-state index contributed by atoms with van der Waals surface area (Å²) in [7, 11) is -3.57. The second-order valence-electron chi connectivity index (χ2n) is 6.15. The van der Waals surface area contributed by atoms with Crippen LogP contribution in [0.3, 0.4) is 0 Å². The van der Waals surface area contributed by atoms with Gasteiger partial charge in [-0.25, -0.2) is 13.4 Å². The molecule has 1 aliphatic heterocycles. The van der Waals surface area contributed by atoms with E-state index in [1.54, 1.807) is 30.5 Å². The molecule has 26 heavy (non-hydrogen) atoms. The quantitative estimate of drug-likeness (QED) is 0.754. The summed E-state index contributed by atoms with van der Waals surface area (Å²) < 4.78 is 27.4. The normalized spacial score (nSPS) is 16.1. The van der Waals surface area contributed by atoms with Crippen molar-refractivity contribution in [3.05, 3.63) is 65.1 Å². The van der Waals surface area contributed by atoms with Crippen molar-refractivity contribution in [3.63, 3.8) is 0 Å². The highest BCUT2D eigenvalue weighted by atomic mass is 32.2. The molecule has 0 saturated carbocycles. The fourth-order valence-corrected chi connectivity index (χ4v) is 4.60. The van der Waals surface area contributed by atoms with E-state index < -0.39 is 10.0 Å². The summed E-state index contributed by atoms with van der Waals surface area (Å²) in [6.07, 6.45) is 1.73. The van der Waals surface area contributed by atoms with Gasteiger partial charge in [0.25, 0.3) is 0 Å². The first-order chi connectivity index (χ1) is 12.5. The number of piperazine rings is 1. The summed E-state index contributed by atoms with van der Waals surface area (Å²) in [5.41, 5.74) is 0.412. The fourth-order valence-electron chi connectivity index (χ4n) is 3.14. The maximum absolute atomic E-state index is 13.0. The molecule has 0 bridgehead atoms. The zero-order valence-electron chi connectivity index (χ0n) is 14.0. The number of hydrogen-bond acceptors (Lipinski definition) is 5. The molecule has 2 aromatic heterocycles. The van der Waals surface area contributed by atoms with Gasteiger partial charge in [0, 0.05) is 44.0 Å². The SMILES string of the molecule is O=c1ccc2cc(S(=O)(=O)N3CCN(c4ccccn4)CC3)ccc2[nH]1. The van der Waals surface area contributed by atoms with E-state index in [1.807, 2.05) is 18.2 Å². The third-order valence-electron chi connectivity index (χ3n) is 4.54. The molecule has 134 valence electrons. The number of fused-ring (bicyclic) bond motifs is 1. The van der Waals surface area contributed by atoms with Gasteiger partial charge in [0.15, 0.2) is 0 Å². The van der Waals surface area contributed by atoms with Gasteiger partial charge in [0.2, 0.25) is 15.6 Å². The number of nitrogens with one attached hydrogen (secondary N) is 1. The van der Waals surface area contributed by atoms with E-state index in [0.29, 0.717) is 37.1 Å². The molecule has 0 amide bonds. The van der Waals surface area contributed by atoms with E-state index in [9.17, 15) is 13.2 Å². The number of rotatable bonds is 3. The van der Waals surface area contributed by atoms with Gasteiger partial charge in [-0.3, -0.25) is 4.79 Å². The summed E-state index contributed by atoms with van der Waals surface area (Å²) in [5, 5.41) is 0.692. The first kappa shape index (κ1) is 16.7. The molecule has 1 N–H and O–H groups in total. The van der Waals surface area contributed by atoms with Gasteiger partial charge >= 0.3 is 0 Å². The Morgan fingerprint density at radius 3 is 2.50 bits per heavy atom. The van der Waals surface area contributed by atoms with Gasteiger partial charge in [-0.2, -0.15) is 4.31 Å². The summed E-state index contributed by atoms with van der Waals surface area (Å²) in [6, 6.07) is 13.5. The smallest absolute Gasteiger partial charge is 0.248 e. The first-order valence-electron chi connectivity index (χ1n) is 8.33. The van der Waals surface area contributed by atoms with Crippen LogP contribution in [0.2, 0.25) is 0 Å². The molecule has 3 heterocycles. The van der Waals surface area contributed by atoms with E-state index in [2.05, 4.69) is 14.9 Å². The van der Waals surface area contributed by atoms with Crippen molar-refractivity contribution in [1.29, 1.82) is 0 Å². The second kappa shape index (κ2) is 6.54. The van der Waals surface area contributed by atoms with E-state index >= 15 is 0 Å². The average Bonchev–Trinajstić information content (AvgIpc) is 2.68. The van der Waals surface area contributed by atoms with Crippen molar-refractivity contribution in [1.82, 2.24) is 14.3 Å². The van der Waals surface area contributed by atoms with Crippen molar-refractivity contribution < 1.29 is 8.42 Å². The molecule has 1 aliphatic rings. The number of aromatic amines is 1. The van der Waals surface area contributed by atoms with E-state index in [1.165, 1.54) is 10.4 Å². The number of sulfonamides is 1. The molecular formula is C18H18N4O3S. The van der Waals surface area contributed by atoms with Gasteiger partial charge in [-0.05, 0) is 41.8 Å². The summed E-state index contributed by atoms with van der Waals surface area (Å²) >= 11 is 0. The molecule has 1 saturated heterocycles. The molecule has 7 nitrogen and oxygen atoms in total. The molecule has 0 unspecified atom stereocenters. The molecule has 0 atom stereocenters. The number of benzene rings is 1. The zero-order valence-corrected chi connectivity index (χ0v) is 14.8. The highest BCUT2D eigenvalue weighted by Crippen LogP contribution is 2.22. The number of aromatic nitrogens is 2. The lowest BCUT2D eigenvalue weighted by Crippen LogP contribution is -2.48. The molecule has 8 heteroatoms. The lowest BCUT2D eigenvalue weighted by atomic mass is 10.2. The lowest BCUT2D eigenvalue weighted by Gasteiger charge is -2.34. The Bertz CT molecular complexity index is 1090. The van der Waals surface area contributed by atoms with Crippen LogP contribution in [0.25, 0.3) is 10.9 Å². The maximum Gasteiger partial charge on any atom is 0.248 e. The van der Waals surface area contributed by atoms with Gasteiger partial charge < -0.3 is 9.88 Å². The third-order valence-corrected chi connectivity index (χ3v) is 6.44. The molecule has 0 aliphatic carbocycles. The number of pyridine rings is 2. The Morgan fingerprint density at radius 1 is 0.962 bits per heavy atom. The number of anilines is 1. The lowest BCUT2D eigenvalue weighted by molar-refractivity contribution is 0.384. The van der Waals surface area contributed by atoms with Gasteiger partial charge in [0.1, 0.15) is 5.82 Å². The van der Waals surface area contributed by atoms with Crippen LogP contribution in [-0.4, -0.2) is 48.9 Å². The topological polar surface area (TPSA) is 86.4 Å². The predicted octanol–water partition coefficient (Wildman–Crippen LogP) is 1.43. The van der Waals surface area contributed by atoms with Crippen LogP contribution in [0.1, 0.15) is 0 Å². The molecular weight excluding hydrogens is 352 g/mol. The predicted molar refractivity (Wildman–Crippen MR) is 99.8 cm³/mol. The molecule has 0 radical (unpaired) electrons. The first-order valence-corrected chi connectivity index (χ1v) is 9.77. The molecule has 4 rings (SSSR count). The number of nitrogens with zero attached hydrogens (tertiary/aromatic N) is 3. The summed E-state index contributed by atoms with van der Waals surface area (Å²) in [6.45, 7) is 2.00.